The summed E-state index contributed by atoms with van der Waals surface area (Å²) in [6.07, 6.45) is 2.97. The lowest BCUT2D eigenvalue weighted by Gasteiger charge is -2.23. The Kier molecular flexibility index (Phi) is 5.71. The van der Waals surface area contributed by atoms with E-state index in [9.17, 15) is 0 Å². The third-order valence-corrected chi connectivity index (χ3v) is 4.56. The van der Waals surface area contributed by atoms with Crippen LogP contribution >= 0.6 is 0 Å². The minimum absolute atomic E-state index is 0.0949. The minimum atomic E-state index is 0.0949. The summed E-state index contributed by atoms with van der Waals surface area (Å²) in [5, 5.41) is 7.78. The average molecular weight is 341 g/mol. The Hall–Kier alpha value is -2.34. The molecule has 0 bridgehead atoms. The molecule has 1 saturated heterocycles. The van der Waals surface area contributed by atoms with Crippen LogP contribution in [0.4, 0.5) is 0 Å². The molecule has 2 aromatic rings. The first kappa shape index (κ1) is 17.5. The molecule has 0 amide bonds. The molecule has 1 aliphatic rings. The van der Waals surface area contributed by atoms with Gasteiger partial charge in [-0.1, -0.05) is 30.3 Å². The molecule has 0 saturated carbocycles. The summed E-state index contributed by atoms with van der Waals surface area (Å²) in [6.45, 7) is 2.30. The number of nitrogens with one attached hydrogen (secondary N) is 1. The standard InChI is InChI=1S/C19H27N5O/c1-23(2)19(20-13-15-7-5-4-6-8-15)21-14-16-10-12-25-18(16)17-9-11-22-24(17)3/h4-9,11,16,18H,10,12-14H2,1-3H3,(H,20,21)/t16-,18+/m0/s1. The number of aryl methyl sites for hydroxylation is 1. The van der Waals surface area contributed by atoms with Gasteiger partial charge < -0.3 is 15.0 Å². The number of aromatic nitrogens is 2. The van der Waals surface area contributed by atoms with Crippen LogP contribution in [0.2, 0.25) is 0 Å². The van der Waals surface area contributed by atoms with Gasteiger partial charge in [0.05, 0.1) is 12.2 Å². The Morgan fingerprint density at radius 3 is 2.80 bits per heavy atom. The lowest BCUT2D eigenvalue weighted by molar-refractivity contribution is 0.0847. The first-order chi connectivity index (χ1) is 12.1. The quantitative estimate of drug-likeness (QED) is 0.669. The maximum atomic E-state index is 5.96. The van der Waals surface area contributed by atoms with Crippen LogP contribution in [0.1, 0.15) is 23.8 Å². The van der Waals surface area contributed by atoms with Gasteiger partial charge in [-0.2, -0.15) is 5.10 Å². The molecule has 1 aromatic carbocycles. The summed E-state index contributed by atoms with van der Waals surface area (Å²) < 4.78 is 7.86. The van der Waals surface area contributed by atoms with Crippen molar-refractivity contribution in [3.63, 3.8) is 0 Å². The number of hydrogen-bond donors (Lipinski definition) is 1. The molecule has 0 radical (unpaired) electrons. The number of hydrogen-bond acceptors (Lipinski definition) is 3. The van der Waals surface area contributed by atoms with Gasteiger partial charge in [0.2, 0.25) is 0 Å². The number of benzene rings is 1. The van der Waals surface area contributed by atoms with Crippen molar-refractivity contribution in [2.75, 3.05) is 27.2 Å². The predicted molar refractivity (Wildman–Crippen MR) is 99.3 cm³/mol. The van der Waals surface area contributed by atoms with Crippen LogP contribution in [0.3, 0.4) is 0 Å². The topological polar surface area (TPSA) is 54.7 Å². The number of nitrogens with zero attached hydrogens (tertiary/aromatic N) is 4. The van der Waals surface area contributed by atoms with Gasteiger partial charge in [0.25, 0.3) is 0 Å². The Balaban J connectivity index is 1.62. The van der Waals surface area contributed by atoms with Gasteiger partial charge in [-0.25, -0.2) is 4.99 Å². The average Bonchev–Trinajstić information content (AvgIpc) is 3.23. The Morgan fingerprint density at radius 2 is 2.12 bits per heavy atom. The van der Waals surface area contributed by atoms with Crippen LogP contribution in [-0.4, -0.2) is 47.9 Å². The van der Waals surface area contributed by atoms with Crippen molar-refractivity contribution in [2.24, 2.45) is 18.0 Å². The van der Waals surface area contributed by atoms with Crippen molar-refractivity contribution < 1.29 is 4.74 Å². The highest BCUT2D eigenvalue weighted by Gasteiger charge is 2.31. The number of rotatable bonds is 5. The van der Waals surface area contributed by atoms with Crippen LogP contribution in [-0.2, 0) is 18.3 Å². The third-order valence-electron chi connectivity index (χ3n) is 4.56. The van der Waals surface area contributed by atoms with Crippen molar-refractivity contribution >= 4 is 5.96 Å². The maximum absolute atomic E-state index is 5.96. The van der Waals surface area contributed by atoms with Gasteiger partial charge in [0.15, 0.2) is 5.96 Å². The van der Waals surface area contributed by atoms with Gasteiger partial charge in [-0.15, -0.1) is 0 Å². The third kappa shape index (κ3) is 4.39. The monoisotopic (exact) mass is 341 g/mol. The molecule has 1 N–H and O–H groups in total. The number of aliphatic imine (C=N–C) groups is 1. The van der Waals surface area contributed by atoms with E-state index >= 15 is 0 Å². The van der Waals surface area contributed by atoms with E-state index in [1.54, 1.807) is 0 Å². The van der Waals surface area contributed by atoms with Crippen LogP contribution in [0.5, 0.6) is 0 Å². The molecule has 1 aliphatic heterocycles. The zero-order valence-corrected chi connectivity index (χ0v) is 15.2. The van der Waals surface area contributed by atoms with E-state index in [2.05, 4.69) is 22.5 Å². The second-order valence-electron chi connectivity index (χ2n) is 6.62. The van der Waals surface area contributed by atoms with Gasteiger partial charge >= 0.3 is 0 Å². The summed E-state index contributed by atoms with van der Waals surface area (Å²) in [5.74, 6) is 1.32. The smallest absolute Gasteiger partial charge is 0.193 e. The van der Waals surface area contributed by atoms with Crippen molar-refractivity contribution in [1.29, 1.82) is 0 Å². The lowest BCUT2D eigenvalue weighted by Crippen LogP contribution is -2.39. The van der Waals surface area contributed by atoms with Gasteiger partial charge in [-0.3, -0.25) is 4.68 Å². The van der Waals surface area contributed by atoms with Gasteiger partial charge in [-0.05, 0) is 18.1 Å². The number of guanidine groups is 1. The molecule has 2 heterocycles. The zero-order chi connectivity index (χ0) is 17.6. The van der Waals surface area contributed by atoms with Crippen molar-refractivity contribution in [2.45, 2.75) is 19.1 Å². The highest BCUT2D eigenvalue weighted by Crippen LogP contribution is 2.33. The fraction of sp³-hybridized carbons (Fsp3) is 0.474. The second kappa shape index (κ2) is 8.16. The van der Waals surface area contributed by atoms with Crippen LogP contribution in [0.15, 0.2) is 47.6 Å². The molecule has 1 aromatic heterocycles. The van der Waals surface area contributed by atoms with Gasteiger partial charge in [0, 0.05) is 46.4 Å². The van der Waals surface area contributed by atoms with Crippen molar-refractivity contribution in [1.82, 2.24) is 20.0 Å². The highest BCUT2D eigenvalue weighted by atomic mass is 16.5. The lowest BCUT2D eigenvalue weighted by atomic mass is 9.99. The molecular formula is C19H27N5O. The molecule has 6 nitrogen and oxygen atoms in total. The second-order valence-corrected chi connectivity index (χ2v) is 6.62. The van der Waals surface area contributed by atoms with Crippen molar-refractivity contribution in [3.05, 3.63) is 53.9 Å². The first-order valence-corrected chi connectivity index (χ1v) is 8.74. The minimum Gasteiger partial charge on any atom is -0.372 e. The Bertz CT molecular complexity index is 695. The molecule has 3 rings (SSSR count). The van der Waals surface area contributed by atoms with E-state index < -0.39 is 0 Å². The van der Waals surface area contributed by atoms with Gasteiger partial charge in [0.1, 0.15) is 6.10 Å². The highest BCUT2D eigenvalue weighted by molar-refractivity contribution is 5.79. The molecule has 6 heteroatoms. The molecular weight excluding hydrogens is 314 g/mol. The normalized spacial score (nSPS) is 20.7. The summed E-state index contributed by atoms with van der Waals surface area (Å²) in [4.78, 5) is 6.76. The van der Waals surface area contributed by atoms with Crippen molar-refractivity contribution in [3.8, 4) is 0 Å². The predicted octanol–water partition coefficient (Wildman–Crippen LogP) is 2.21. The van der Waals surface area contributed by atoms with E-state index in [-0.39, 0.29) is 6.10 Å². The fourth-order valence-electron chi connectivity index (χ4n) is 3.16. The summed E-state index contributed by atoms with van der Waals surface area (Å²) in [7, 11) is 6.00. The van der Waals surface area contributed by atoms with E-state index in [1.165, 1.54) is 5.56 Å². The fourth-order valence-corrected chi connectivity index (χ4v) is 3.16. The van der Waals surface area contributed by atoms with Crippen LogP contribution in [0.25, 0.3) is 0 Å². The SMILES string of the molecule is CN(C)C(=NCc1ccccc1)NC[C@@H]1CCO[C@H]1c1ccnn1C. The summed E-state index contributed by atoms with van der Waals surface area (Å²) in [5.41, 5.74) is 2.34. The zero-order valence-electron chi connectivity index (χ0n) is 15.2. The summed E-state index contributed by atoms with van der Waals surface area (Å²) >= 11 is 0. The van der Waals surface area contributed by atoms with Crippen LogP contribution < -0.4 is 5.32 Å². The maximum Gasteiger partial charge on any atom is 0.193 e. The number of ether oxygens (including phenoxy) is 1. The summed E-state index contributed by atoms with van der Waals surface area (Å²) in [6, 6.07) is 12.3. The molecule has 0 spiro atoms. The van der Waals surface area contributed by atoms with E-state index in [0.29, 0.717) is 12.5 Å². The van der Waals surface area contributed by atoms with E-state index in [4.69, 9.17) is 9.73 Å². The largest absolute Gasteiger partial charge is 0.372 e. The Labute approximate surface area is 149 Å². The molecule has 0 aliphatic carbocycles. The first-order valence-electron chi connectivity index (χ1n) is 8.74. The molecule has 134 valence electrons. The molecule has 25 heavy (non-hydrogen) atoms. The molecule has 1 fully saturated rings. The van der Waals surface area contributed by atoms with E-state index in [1.807, 2.05) is 61.2 Å². The molecule has 2 atom stereocenters. The molecule has 0 unspecified atom stereocenters. The Morgan fingerprint density at radius 1 is 1.32 bits per heavy atom. The van der Waals surface area contributed by atoms with Crippen LogP contribution in [0, 0.1) is 5.92 Å². The van der Waals surface area contributed by atoms with E-state index in [0.717, 1.165) is 31.2 Å².